The van der Waals surface area contributed by atoms with Crippen molar-refractivity contribution < 1.29 is 4.79 Å². The zero-order chi connectivity index (χ0) is 14.5. The third kappa shape index (κ3) is 3.44. The van der Waals surface area contributed by atoms with E-state index in [0.717, 1.165) is 29.2 Å². The molecule has 0 radical (unpaired) electrons. The van der Waals surface area contributed by atoms with Gasteiger partial charge in [0.1, 0.15) is 0 Å². The van der Waals surface area contributed by atoms with Crippen LogP contribution in [0.1, 0.15) is 35.1 Å². The Balaban J connectivity index is 2.09. The van der Waals surface area contributed by atoms with Crippen molar-refractivity contribution in [2.24, 2.45) is 0 Å². The number of carbonyl (C=O) groups excluding carboxylic acids is 1. The van der Waals surface area contributed by atoms with Crippen LogP contribution < -0.4 is 4.90 Å². The number of benzene rings is 1. The molecule has 0 amide bonds. The lowest BCUT2D eigenvalue weighted by molar-refractivity contribution is 0.0988. The number of Topliss-reactive ketones (excluding diaryl/α,β-unsaturated/α-hetero) is 1. The topological polar surface area (TPSA) is 33.2 Å². The number of ketones is 1. The largest absolute Gasteiger partial charge is 0.369 e. The first-order valence-electron chi connectivity index (χ1n) is 6.87. The van der Waals surface area contributed by atoms with Crippen LogP contribution in [0.5, 0.6) is 0 Å². The van der Waals surface area contributed by atoms with Crippen LogP contribution in [0.4, 0.5) is 5.69 Å². The van der Waals surface area contributed by atoms with Crippen LogP contribution in [0.2, 0.25) is 0 Å². The fourth-order valence-corrected chi connectivity index (χ4v) is 2.13. The van der Waals surface area contributed by atoms with Crippen LogP contribution in [0.15, 0.2) is 42.5 Å². The summed E-state index contributed by atoms with van der Waals surface area (Å²) in [4.78, 5) is 18.2. The second-order valence-electron chi connectivity index (χ2n) is 4.95. The third-order valence-electron chi connectivity index (χ3n) is 3.30. The first kappa shape index (κ1) is 14.3. The van der Waals surface area contributed by atoms with E-state index in [4.69, 9.17) is 0 Å². The van der Waals surface area contributed by atoms with Crippen molar-refractivity contribution >= 4 is 11.5 Å². The molecular weight excluding hydrogens is 248 g/mol. The van der Waals surface area contributed by atoms with E-state index in [1.807, 2.05) is 63.4 Å². The van der Waals surface area contributed by atoms with E-state index in [-0.39, 0.29) is 5.78 Å². The van der Waals surface area contributed by atoms with E-state index in [0.29, 0.717) is 6.42 Å². The highest BCUT2D eigenvalue weighted by molar-refractivity contribution is 5.96. The van der Waals surface area contributed by atoms with Gasteiger partial charge in [-0.25, -0.2) is 0 Å². The Morgan fingerprint density at radius 3 is 2.45 bits per heavy atom. The SMILES string of the molecule is CCC(=O)c1ccc(N(C)Cc2cccc(C)n2)cc1. The molecule has 20 heavy (non-hydrogen) atoms. The Kier molecular flexibility index (Phi) is 4.51. The van der Waals surface area contributed by atoms with Gasteiger partial charge in [0.15, 0.2) is 5.78 Å². The van der Waals surface area contributed by atoms with Crippen molar-refractivity contribution in [2.75, 3.05) is 11.9 Å². The van der Waals surface area contributed by atoms with E-state index >= 15 is 0 Å². The van der Waals surface area contributed by atoms with Gasteiger partial charge in [0.2, 0.25) is 0 Å². The minimum atomic E-state index is 0.180. The number of rotatable bonds is 5. The lowest BCUT2D eigenvalue weighted by Crippen LogP contribution is -2.17. The molecule has 1 aromatic heterocycles. The molecule has 0 saturated carbocycles. The Bertz CT molecular complexity index is 590. The van der Waals surface area contributed by atoms with Gasteiger partial charge < -0.3 is 4.90 Å². The van der Waals surface area contributed by atoms with Gasteiger partial charge in [-0.15, -0.1) is 0 Å². The fourth-order valence-electron chi connectivity index (χ4n) is 2.13. The van der Waals surface area contributed by atoms with Crippen LogP contribution in [0.25, 0.3) is 0 Å². The van der Waals surface area contributed by atoms with E-state index in [1.165, 1.54) is 0 Å². The Labute approximate surface area is 120 Å². The number of aryl methyl sites for hydroxylation is 1. The van der Waals surface area contributed by atoms with Crippen LogP contribution in [0.3, 0.4) is 0 Å². The molecule has 2 aromatic rings. The van der Waals surface area contributed by atoms with Gasteiger partial charge in [-0.1, -0.05) is 13.0 Å². The van der Waals surface area contributed by atoms with Crippen molar-refractivity contribution in [1.82, 2.24) is 4.98 Å². The maximum absolute atomic E-state index is 11.6. The molecule has 3 nitrogen and oxygen atoms in total. The normalized spacial score (nSPS) is 10.3. The monoisotopic (exact) mass is 268 g/mol. The third-order valence-corrected chi connectivity index (χ3v) is 3.30. The molecule has 0 spiro atoms. The first-order valence-corrected chi connectivity index (χ1v) is 6.87. The molecule has 104 valence electrons. The zero-order valence-electron chi connectivity index (χ0n) is 12.3. The molecule has 0 N–H and O–H groups in total. The first-order chi connectivity index (χ1) is 9.60. The van der Waals surface area contributed by atoms with Crippen molar-refractivity contribution in [3.05, 3.63) is 59.4 Å². The van der Waals surface area contributed by atoms with Gasteiger partial charge in [-0.05, 0) is 43.3 Å². The number of hydrogen-bond donors (Lipinski definition) is 0. The molecule has 3 heteroatoms. The number of hydrogen-bond acceptors (Lipinski definition) is 3. The highest BCUT2D eigenvalue weighted by Crippen LogP contribution is 2.16. The summed E-state index contributed by atoms with van der Waals surface area (Å²) in [5.74, 6) is 0.180. The summed E-state index contributed by atoms with van der Waals surface area (Å²) in [5, 5.41) is 0. The van der Waals surface area contributed by atoms with Gasteiger partial charge >= 0.3 is 0 Å². The van der Waals surface area contributed by atoms with Gasteiger partial charge in [-0.3, -0.25) is 9.78 Å². The maximum atomic E-state index is 11.6. The summed E-state index contributed by atoms with van der Waals surface area (Å²) in [6.45, 7) is 4.63. The van der Waals surface area contributed by atoms with E-state index in [2.05, 4.69) is 9.88 Å². The Hall–Kier alpha value is -2.16. The molecule has 0 bridgehead atoms. The molecule has 0 aliphatic heterocycles. The molecule has 0 atom stereocenters. The molecule has 0 aliphatic rings. The Morgan fingerprint density at radius 2 is 1.85 bits per heavy atom. The summed E-state index contributed by atoms with van der Waals surface area (Å²) < 4.78 is 0. The van der Waals surface area contributed by atoms with E-state index < -0.39 is 0 Å². The number of carbonyl (C=O) groups is 1. The average Bonchev–Trinajstić information content (AvgIpc) is 2.46. The van der Waals surface area contributed by atoms with Crippen LogP contribution >= 0.6 is 0 Å². The van der Waals surface area contributed by atoms with Crippen LogP contribution in [0, 0.1) is 6.92 Å². The number of anilines is 1. The minimum absolute atomic E-state index is 0.180. The lowest BCUT2D eigenvalue weighted by atomic mass is 10.1. The predicted molar refractivity (Wildman–Crippen MR) is 82.1 cm³/mol. The summed E-state index contributed by atoms with van der Waals surface area (Å²) in [7, 11) is 2.03. The number of nitrogens with zero attached hydrogens (tertiary/aromatic N) is 2. The summed E-state index contributed by atoms with van der Waals surface area (Å²) in [6, 6.07) is 13.8. The molecule has 0 saturated heterocycles. The van der Waals surface area contributed by atoms with Crippen molar-refractivity contribution in [2.45, 2.75) is 26.8 Å². The van der Waals surface area contributed by atoms with E-state index in [1.54, 1.807) is 0 Å². The zero-order valence-corrected chi connectivity index (χ0v) is 12.3. The predicted octanol–water partition coefficient (Wildman–Crippen LogP) is 3.62. The highest BCUT2D eigenvalue weighted by Gasteiger charge is 2.06. The lowest BCUT2D eigenvalue weighted by Gasteiger charge is -2.19. The molecule has 0 fully saturated rings. The van der Waals surface area contributed by atoms with Gasteiger partial charge in [0, 0.05) is 30.4 Å². The average molecular weight is 268 g/mol. The van der Waals surface area contributed by atoms with Crippen molar-refractivity contribution in [3.8, 4) is 0 Å². The summed E-state index contributed by atoms with van der Waals surface area (Å²) in [5.41, 5.74) is 3.93. The van der Waals surface area contributed by atoms with Gasteiger partial charge in [0.05, 0.1) is 12.2 Å². The quantitative estimate of drug-likeness (QED) is 0.776. The number of aromatic nitrogens is 1. The Morgan fingerprint density at radius 1 is 1.15 bits per heavy atom. The molecular formula is C17H20N2O. The van der Waals surface area contributed by atoms with Crippen LogP contribution in [-0.2, 0) is 6.54 Å². The highest BCUT2D eigenvalue weighted by atomic mass is 16.1. The molecule has 1 heterocycles. The van der Waals surface area contributed by atoms with Gasteiger partial charge in [0.25, 0.3) is 0 Å². The molecule has 0 aliphatic carbocycles. The van der Waals surface area contributed by atoms with Crippen LogP contribution in [-0.4, -0.2) is 17.8 Å². The second kappa shape index (κ2) is 6.33. The molecule has 1 aromatic carbocycles. The summed E-state index contributed by atoms with van der Waals surface area (Å²) in [6.07, 6.45) is 0.544. The molecule has 2 rings (SSSR count). The standard InChI is InChI=1S/C17H20N2O/c1-4-17(20)14-8-10-16(11-9-14)19(3)12-15-7-5-6-13(2)18-15/h5-11H,4,12H2,1-3H3. The number of pyridine rings is 1. The summed E-state index contributed by atoms with van der Waals surface area (Å²) >= 11 is 0. The van der Waals surface area contributed by atoms with E-state index in [9.17, 15) is 4.79 Å². The maximum Gasteiger partial charge on any atom is 0.162 e. The van der Waals surface area contributed by atoms with Crippen molar-refractivity contribution in [3.63, 3.8) is 0 Å². The minimum Gasteiger partial charge on any atom is -0.369 e. The second-order valence-corrected chi connectivity index (χ2v) is 4.95. The van der Waals surface area contributed by atoms with Crippen molar-refractivity contribution in [1.29, 1.82) is 0 Å². The molecule has 0 unspecified atom stereocenters. The fraction of sp³-hybridized carbons (Fsp3) is 0.294. The smallest absolute Gasteiger partial charge is 0.162 e. The van der Waals surface area contributed by atoms with Gasteiger partial charge in [-0.2, -0.15) is 0 Å².